The first-order chi connectivity index (χ1) is 16.3. The number of hydrogen-bond acceptors (Lipinski definition) is 4. The summed E-state index contributed by atoms with van der Waals surface area (Å²) in [6.07, 6.45) is -3.01. The Bertz CT molecular complexity index is 1290. The third-order valence-electron chi connectivity index (χ3n) is 5.19. The fraction of sp³-hybridized carbons (Fsp3) is 0.280. The number of amides is 1. The van der Waals surface area contributed by atoms with E-state index < -0.39 is 29.9 Å². The lowest BCUT2D eigenvalue weighted by molar-refractivity contribution is -0.115. The number of benzene rings is 2. The predicted molar refractivity (Wildman–Crippen MR) is 127 cm³/mol. The topological polar surface area (TPSA) is 83.2 Å². The van der Waals surface area contributed by atoms with Crippen LogP contribution in [-0.2, 0) is 5.41 Å². The lowest BCUT2D eigenvalue weighted by Gasteiger charge is -2.25. The molecule has 3 N–H and O–H groups in total. The van der Waals surface area contributed by atoms with Gasteiger partial charge >= 0.3 is 6.18 Å². The molecule has 1 amide bonds. The summed E-state index contributed by atoms with van der Waals surface area (Å²) in [5.74, 6) is -1.34. The van der Waals surface area contributed by atoms with Crippen LogP contribution < -0.4 is 20.9 Å². The number of aromatic nitrogens is 1. The number of nitrogens with one attached hydrogen (secondary N) is 3. The van der Waals surface area contributed by atoms with E-state index >= 15 is 0 Å². The molecule has 1 heterocycles. The van der Waals surface area contributed by atoms with Crippen LogP contribution in [0.3, 0.4) is 0 Å². The monoisotopic (exact) mass is 491 g/mol. The summed E-state index contributed by atoms with van der Waals surface area (Å²) in [7, 11) is 1.44. The normalized spacial score (nSPS) is 11.8. The Kier molecular flexibility index (Phi) is 7.23. The minimum absolute atomic E-state index is 0.109. The molecule has 3 rings (SSSR count). The summed E-state index contributed by atoms with van der Waals surface area (Å²) in [6.45, 7) is 4.42. The van der Waals surface area contributed by atoms with Gasteiger partial charge in [0.1, 0.15) is 18.1 Å². The zero-order valence-corrected chi connectivity index (χ0v) is 19.6. The van der Waals surface area contributed by atoms with Gasteiger partial charge in [-0.1, -0.05) is 20.8 Å². The molecule has 0 radical (unpaired) electrons. The molecule has 6 nitrogen and oxygen atoms in total. The highest BCUT2D eigenvalue weighted by atomic mass is 19.4. The largest absolute Gasteiger partial charge is 0.494 e. The molecule has 186 valence electrons. The maximum Gasteiger partial charge on any atom is 0.405 e. The van der Waals surface area contributed by atoms with E-state index in [0.29, 0.717) is 22.4 Å². The smallest absolute Gasteiger partial charge is 0.405 e. The van der Waals surface area contributed by atoms with Gasteiger partial charge < -0.3 is 20.4 Å². The van der Waals surface area contributed by atoms with Crippen LogP contribution in [0, 0.1) is 5.82 Å². The fourth-order valence-corrected chi connectivity index (χ4v) is 3.49. The van der Waals surface area contributed by atoms with E-state index in [-0.39, 0.29) is 22.5 Å². The Morgan fingerprint density at radius 3 is 2.34 bits per heavy atom. The van der Waals surface area contributed by atoms with Crippen molar-refractivity contribution >= 4 is 17.3 Å². The van der Waals surface area contributed by atoms with Crippen molar-refractivity contribution in [1.29, 1.82) is 0 Å². The highest BCUT2D eigenvalue weighted by Gasteiger charge is 2.27. The Morgan fingerprint density at radius 2 is 1.77 bits per heavy atom. The summed E-state index contributed by atoms with van der Waals surface area (Å²) in [5.41, 5.74) is 0.642. The number of alkyl halides is 3. The number of H-pyrrole nitrogens is 1. The average molecular weight is 491 g/mol. The Balaban J connectivity index is 2.00. The Hall–Kier alpha value is -3.82. The molecule has 0 saturated carbocycles. The van der Waals surface area contributed by atoms with Crippen molar-refractivity contribution < 1.29 is 27.1 Å². The van der Waals surface area contributed by atoms with E-state index in [1.807, 2.05) is 26.1 Å². The number of rotatable bonds is 6. The second-order valence-corrected chi connectivity index (χ2v) is 8.89. The molecule has 0 bridgehead atoms. The number of methoxy groups -OCH3 is 1. The molecule has 0 aliphatic heterocycles. The summed E-state index contributed by atoms with van der Waals surface area (Å²) in [4.78, 5) is 27.9. The van der Waals surface area contributed by atoms with Gasteiger partial charge in [-0.15, -0.1) is 0 Å². The van der Waals surface area contributed by atoms with Crippen molar-refractivity contribution in [3.63, 3.8) is 0 Å². The molecule has 0 fully saturated rings. The van der Waals surface area contributed by atoms with Crippen molar-refractivity contribution in [1.82, 2.24) is 4.98 Å². The lowest BCUT2D eigenvalue weighted by atomic mass is 9.84. The minimum Gasteiger partial charge on any atom is -0.494 e. The van der Waals surface area contributed by atoms with Gasteiger partial charge in [-0.3, -0.25) is 9.59 Å². The van der Waals surface area contributed by atoms with Gasteiger partial charge in [0.05, 0.1) is 18.5 Å². The average Bonchev–Trinajstić information content (AvgIpc) is 2.76. The highest BCUT2D eigenvalue weighted by Crippen LogP contribution is 2.40. The maximum atomic E-state index is 14.3. The summed E-state index contributed by atoms with van der Waals surface area (Å²) in [6, 6.07) is 9.81. The number of anilines is 2. The zero-order valence-electron chi connectivity index (χ0n) is 19.6. The Labute approximate surface area is 199 Å². The first kappa shape index (κ1) is 25.8. The van der Waals surface area contributed by atoms with Gasteiger partial charge in [0.15, 0.2) is 0 Å². The van der Waals surface area contributed by atoms with Gasteiger partial charge in [-0.05, 0) is 53.4 Å². The number of carbonyl (C=O) groups excluding carboxylic acids is 1. The molecule has 0 atom stereocenters. The van der Waals surface area contributed by atoms with Gasteiger partial charge in [0, 0.05) is 22.9 Å². The number of hydrogen-bond donors (Lipinski definition) is 3. The van der Waals surface area contributed by atoms with Crippen LogP contribution in [0.4, 0.5) is 28.9 Å². The molecule has 10 heteroatoms. The molecular weight excluding hydrogens is 466 g/mol. The van der Waals surface area contributed by atoms with Crippen LogP contribution in [-0.4, -0.2) is 30.7 Å². The molecule has 0 unspecified atom stereocenters. The SMILES string of the molecule is COc1c(NC(=O)c2ccc(NCC(F)(F)F)c(F)c2)cc(-c2ccc[nH]c2=O)cc1C(C)(C)C. The number of ether oxygens (including phenoxy) is 1. The second kappa shape index (κ2) is 9.81. The van der Waals surface area contributed by atoms with E-state index in [0.717, 1.165) is 12.1 Å². The van der Waals surface area contributed by atoms with E-state index in [1.54, 1.807) is 24.3 Å². The summed E-state index contributed by atoms with van der Waals surface area (Å²) in [5, 5.41) is 4.64. The third kappa shape index (κ3) is 6.20. The van der Waals surface area contributed by atoms with Crippen molar-refractivity contribution in [2.45, 2.75) is 32.4 Å². The zero-order chi connectivity index (χ0) is 26.0. The van der Waals surface area contributed by atoms with Crippen LogP contribution >= 0.6 is 0 Å². The molecule has 35 heavy (non-hydrogen) atoms. The molecule has 0 spiro atoms. The van der Waals surface area contributed by atoms with E-state index in [1.165, 1.54) is 19.4 Å². The standard InChI is InChI=1S/C25H25F4N3O3/c1-24(2,3)17-10-15(16-6-5-9-30-23(16)34)12-20(21(17)35-4)32-22(33)14-7-8-19(18(26)11-14)31-13-25(27,28)29/h5-12,31H,13H2,1-4H3,(H,30,34)(H,32,33). The van der Waals surface area contributed by atoms with Crippen molar-refractivity contribution in [2.24, 2.45) is 0 Å². The highest BCUT2D eigenvalue weighted by molar-refractivity contribution is 6.05. The molecular formula is C25H25F4N3O3. The predicted octanol–water partition coefficient (Wildman–Crippen LogP) is 5.71. The van der Waals surface area contributed by atoms with Crippen molar-refractivity contribution in [3.8, 4) is 16.9 Å². The minimum atomic E-state index is -4.52. The first-order valence-corrected chi connectivity index (χ1v) is 10.6. The molecule has 2 aromatic carbocycles. The molecule has 0 saturated heterocycles. The van der Waals surface area contributed by atoms with E-state index in [9.17, 15) is 27.2 Å². The first-order valence-electron chi connectivity index (χ1n) is 10.6. The van der Waals surface area contributed by atoms with E-state index in [2.05, 4.69) is 10.3 Å². The van der Waals surface area contributed by atoms with Gasteiger partial charge in [0.25, 0.3) is 11.5 Å². The molecule has 0 aliphatic carbocycles. The fourth-order valence-electron chi connectivity index (χ4n) is 3.49. The second-order valence-electron chi connectivity index (χ2n) is 8.89. The van der Waals surface area contributed by atoms with E-state index in [4.69, 9.17) is 4.74 Å². The molecule has 1 aromatic heterocycles. The third-order valence-corrected chi connectivity index (χ3v) is 5.19. The number of carbonyl (C=O) groups is 1. The lowest BCUT2D eigenvalue weighted by Crippen LogP contribution is -2.22. The summed E-state index contributed by atoms with van der Waals surface area (Å²) < 4.78 is 57.1. The van der Waals surface area contributed by atoms with Gasteiger partial charge in [0.2, 0.25) is 0 Å². The quantitative estimate of drug-likeness (QED) is 0.386. The van der Waals surface area contributed by atoms with Gasteiger partial charge in [-0.2, -0.15) is 13.2 Å². The maximum absolute atomic E-state index is 14.3. The van der Waals surface area contributed by atoms with Crippen LogP contribution in [0.25, 0.3) is 11.1 Å². The van der Waals surface area contributed by atoms with Gasteiger partial charge in [-0.25, -0.2) is 4.39 Å². The molecule has 3 aromatic rings. The van der Waals surface area contributed by atoms with Crippen LogP contribution in [0.5, 0.6) is 5.75 Å². The van der Waals surface area contributed by atoms with Crippen molar-refractivity contribution in [3.05, 3.63) is 76.0 Å². The van der Waals surface area contributed by atoms with Crippen LogP contribution in [0.1, 0.15) is 36.7 Å². The summed E-state index contributed by atoms with van der Waals surface area (Å²) >= 11 is 0. The number of halogens is 4. The Morgan fingerprint density at radius 1 is 1.06 bits per heavy atom. The number of aromatic amines is 1. The van der Waals surface area contributed by atoms with Crippen molar-refractivity contribution in [2.75, 3.05) is 24.3 Å². The van der Waals surface area contributed by atoms with Crippen LogP contribution in [0.15, 0.2) is 53.5 Å². The molecule has 0 aliphatic rings. The van der Waals surface area contributed by atoms with Crippen LogP contribution in [0.2, 0.25) is 0 Å². The number of pyridine rings is 1.